The van der Waals surface area contributed by atoms with Crippen LogP contribution in [0.3, 0.4) is 0 Å². The molecule has 0 saturated heterocycles. The van der Waals surface area contributed by atoms with Gasteiger partial charge in [0, 0.05) is 25.2 Å². The number of rotatable bonds is 5. The van der Waals surface area contributed by atoms with Gasteiger partial charge >= 0.3 is 0 Å². The molecule has 118 valence electrons. The molecule has 1 unspecified atom stereocenters. The van der Waals surface area contributed by atoms with E-state index in [1.54, 1.807) is 0 Å². The predicted molar refractivity (Wildman–Crippen MR) is 90.2 cm³/mol. The second kappa shape index (κ2) is 6.64. The van der Waals surface area contributed by atoms with E-state index in [0.29, 0.717) is 0 Å². The summed E-state index contributed by atoms with van der Waals surface area (Å²) in [5.41, 5.74) is 5.17. The molecule has 1 atom stereocenters. The van der Waals surface area contributed by atoms with E-state index in [9.17, 15) is 4.79 Å². The Kier molecular flexibility index (Phi) is 4.85. The lowest BCUT2D eigenvalue weighted by Crippen LogP contribution is -2.10. The van der Waals surface area contributed by atoms with Crippen molar-refractivity contribution in [2.45, 2.75) is 47.2 Å². The molecule has 5 heteroatoms. The Morgan fingerprint density at radius 1 is 1.36 bits per heavy atom. The van der Waals surface area contributed by atoms with E-state index in [2.05, 4.69) is 42.6 Å². The maximum Gasteiger partial charge on any atom is 0.221 e. The van der Waals surface area contributed by atoms with Gasteiger partial charge < -0.3 is 10.6 Å². The molecule has 1 aromatic heterocycles. The number of aromatic nitrogens is 2. The van der Waals surface area contributed by atoms with Crippen LogP contribution in [-0.2, 0) is 11.3 Å². The predicted octanol–water partition coefficient (Wildman–Crippen LogP) is 3.65. The SMILES string of the molecule is CCn1nc(C)c(NC(C)c2cccc(NC(C)=O)c2)c1C. The highest BCUT2D eigenvalue weighted by Crippen LogP contribution is 2.26. The fraction of sp³-hybridized carbons (Fsp3) is 0.412. The number of nitrogens with zero attached hydrogens (tertiary/aromatic N) is 2. The van der Waals surface area contributed by atoms with Crippen LogP contribution in [0.5, 0.6) is 0 Å². The molecule has 0 radical (unpaired) electrons. The highest BCUT2D eigenvalue weighted by molar-refractivity contribution is 5.88. The molecule has 22 heavy (non-hydrogen) atoms. The first kappa shape index (κ1) is 16.1. The quantitative estimate of drug-likeness (QED) is 0.886. The van der Waals surface area contributed by atoms with Crippen LogP contribution in [0.2, 0.25) is 0 Å². The van der Waals surface area contributed by atoms with E-state index in [-0.39, 0.29) is 11.9 Å². The molecule has 1 heterocycles. The number of amides is 1. The second-order valence-electron chi connectivity index (χ2n) is 5.53. The van der Waals surface area contributed by atoms with Gasteiger partial charge in [-0.2, -0.15) is 5.10 Å². The van der Waals surface area contributed by atoms with Crippen LogP contribution in [0.4, 0.5) is 11.4 Å². The summed E-state index contributed by atoms with van der Waals surface area (Å²) in [6, 6.07) is 8.02. The van der Waals surface area contributed by atoms with Crippen molar-refractivity contribution in [3.05, 3.63) is 41.2 Å². The lowest BCUT2D eigenvalue weighted by Gasteiger charge is -2.17. The first-order valence-corrected chi connectivity index (χ1v) is 7.60. The number of aryl methyl sites for hydroxylation is 2. The monoisotopic (exact) mass is 300 g/mol. The van der Waals surface area contributed by atoms with E-state index in [1.165, 1.54) is 6.92 Å². The first-order chi connectivity index (χ1) is 10.4. The summed E-state index contributed by atoms with van der Waals surface area (Å²) in [4.78, 5) is 11.2. The normalized spacial score (nSPS) is 12.0. The largest absolute Gasteiger partial charge is 0.376 e. The Balaban J connectivity index is 2.20. The molecule has 0 bridgehead atoms. The number of hydrogen-bond donors (Lipinski definition) is 2. The topological polar surface area (TPSA) is 59.0 Å². The van der Waals surface area contributed by atoms with Crippen LogP contribution in [0.25, 0.3) is 0 Å². The Labute approximate surface area is 131 Å². The van der Waals surface area contributed by atoms with Gasteiger partial charge in [0.2, 0.25) is 5.91 Å². The Morgan fingerprint density at radius 2 is 2.09 bits per heavy atom. The number of nitrogens with one attached hydrogen (secondary N) is 2. The highest BCUT2D eigenvalue weighted by Gasteiger charge is 2.14. The maximum absolute atomic E-state index is 11.2. The number of benzene rings is 1. The van der Waals surface area contributed by atoms with Gasteiger partial charge in [0.25, 0.3) is 0 Å². The molecular formula is C17H24N4O. The third-order valence-corrected chi connectivity index (χ3v) is 3.75. The number of anilines is 2. The van der Waals surface area contributed by atoms with Crippen molar-refractivity contribution in [1.29, 1.82) is 0 Å². The van der Waals surface area contributed by atoms with Crippen molar-refractivity contribution >= 4 is 17.3 Å². The van der Waals surface area contributed by atoms with Crippen molar-refractivity contribution in [2.75, 3.05) is 10.6 Å². The standard InChI is InChI=1S/C17H24N4O/c1-6-21-13(4)17(12(3)20-21)18-11(2)15-8-7-9-16(10-15)19-14(5)22/h7-11,18H,6H2,1-5H3,(H,19,22). The summed E-state index contributed by atoms with van der Waals surface area (Å²) in [7, 11) is 0. The number of carbonyl (C=O) groups excluding carboxylic acids is 1. The third kappa shape index (κ3) is 3.47. The highest BCUT2D eigenvalue weighted by atomic mass is 16.1. The van der Waals surface area contributed by atoms with Gasteiger partial charge in [-0.1, -0.05) is 12.1 Å². The lowest BCUT2D eigenvalue weighted by molar-refractivity contribution is -0.114. The van der Waals surface area contributed by atoms with Crippen LogP contribution < -0.4 is 10.6 Å². The minimum absolute atomic E-state index is 0.0614. The van der Waals surface area contributed by atoms with Crippen molar-refractivity contribution in [2.24, 2.45) is 0 Å². The van der Waals surface area contributed by atoms with E-state index < -0.39 is 0 Å². The molecule has 0 saturated carbocycles. The zero-order valence-corrected chi connectivity index (χ0v) is 13.9. The summed E-state index contributed by atoms with van der Waals surface area (Å²) in [5.74, 6) is -0.0614. The summed E-state index contributed by atoms with van der Waals surface area (Å²) in [6.07, 6.45) is 0. The van der Waals surface area contributed by atoms with E-state index in [4.69, 9.17) is 0 Å². The lowest BCUT2D eigenvalue weighted by atomic mass is 10.1. The fourth-order valence-corrected chi connectivity index (χ4v) is 2.60. The summed E-state index contributed by atoms with van der Waals surface area (Å²) < 4.78 is 2.00. The molecule has 0 fully saturated rings. The van der Waals surface area contributed by atoms with Crippen molar-refractivity contribution in [3.8, 4) is 0 Å². The number of carbonyl (C=O) groups is 1. The smallest absolute Gasteiger partial charge is 0.221 e. The van der Waals surface area contributed by atoms with Crippen LogP contribution in [0.1, 0.15) is 43.8 Å². The summed E-state index contributed by atoms with van der Waals surface area (Å²) in [6.45, 7) is 10.7. The fourth-order valence-electron chi connectivity index (χ4n) is 2.60. The van der Waals surface area contributed by atoms with Gasteiger partial charge in [-0.25, -0.2) is 0 Å². The minimum Gasteiger partial charge on any atom is -0.376 e. The molecule has 5 nitrogen and oxygen atoms in total. The molecule has 0 aliphatic carbocycles. The summed E-state index contributed by atoms with van der Waals surface area (Å²) in [5, 5.41) is 10.9. The Bertz CT molecular complexity index is 675. The average Bonchev–Trinajstić information content (AvgIpc) is 2.74. The molecule has 2 aromatic rings. The zero-order valence-electron chi connectivity index (χ0n) is 13.9. The first-order valence-electron chi connectivity index (χ1n) is 7.60. The molecule has 1 amide bonds. The molecule has 0 aliphatic rings. The van der Waals surface area contributed by atoms with E-state index >= 15 is 0 Å². The minimum atomic E-state index is -0.0614. The number of hydrogen-bond acceptors (Lipinski definition) is 3. The van der Waals surface area contributed by atoms with Gasteiger partial charge in [-0.05, 0) is 45.4 Å². The third-order valence-electron chi connectivity index (χ3n) is 3.75. The zero-order chi connectivity index (χ0) is 16.3. The van der Waals surface area contributed by atoms with E-state index in [1.807, 2.05) is 29.8 Å². The van der Waals surface area contributed by atoms with Crippen molar-refractivity contribution < 1.29 is 4.79 Å². The molecule has 1 aromatic carbocycles. The molecule has 2 N–H and O–H groups in total. The van der Waals surface area contributed by atoms with Gasteiger partial charge in [0.05, 0.1) is 17.1 Å². The summed E-state index contributed by atoms with van der Waals surface area (Å²) >= 11 is 0. The van der Waals surface area contributed by atoms with Crippen molar-refractivity contribution in [3.63, 3.8) is 0 Å². The van der Waals surface area contributed by atoms with Crippen LogP contribution in [0, 0.1) is 13.8 Å². The molecule has 0 aliphatic heterocycles. The van der Waals surface area contributed by atoms with E-state index in [0.717, 1.165) is 34.9 Å². The Hall–Kier alpha value is -2.30. The maximum atomic E-state index is 11.2. The van der Waals surface area contributed by atoms with Gasteiger partial charge in [-0.15, -0.1) is 0 Å². The van der Waals surface area contributed by atoms with Gasteiger partial charge in [0.1, 0.15) is 0 Å². The van der Waals surface area contributed by atoms with Crippen LogP contribution in [-0.4, -0.2) is 15.7 Å². The molecular weight excluding hydrogens is 276 g/mol. The molecule has 2 rings (SSSR count). The van der Waals surface area contributed by atoms with Crippen LogP contribution in [0.15, 0.2) is 24.3 Å². The average molecular weight is 300 g/mol. The van der Waals surface area contributed by atoms with Gasteiger partial charge in [0.15, 0.2) is 0 Å². The molecule has 0 spiro atoms. The van der Waals surface area contributed by atoms with Crippen LogP contribution >= 0.6 is 0 Å². The van der Waals surface area contributed by atoms with Gasteiger partial charge in [-0.3, -0.25) is 9.48 Å². The van der Waals surface area contributed by atoms with Crippen molar-refractivity contribution in [1.82, 2.24) is 9.78 Å². The second-order valence-corrected chi connectivity index (χ2v) is 5.53. The Morgan fingerprint density at radius 3 is 2.68 bits per heavy atom.